The minimum absolute atomic E-state index is 0.210. The van der Waals surface area contributed by atoms with E-state index in [9.17, 15) is 0 Å². The molecule has 0 saturated heterocycles. The van der Waals surface area contributed by atoms with Crippen LogP contribution in [0.1, 0.15) is 150 Å². The highest BCUT2D eigenvalue weighted by Gasteiger charge is 2.50. The number of hydrogen-bond acceptors (Lipinski definition) is 0. The van der Waals surface area contributed by atoms with Gasteiger partial charge in [-0.25, -0.2) is 0 Å². The molecule has 378 valence electrons. The van der Waals surface area contributed by atoms with E-state index in [2.05, 4.69) is 247 Å². The summed E-state index contributed by atoms with van der Waals surface area (Å²) in [4.78, 5) is 0. The molecule has 0 saturated carbocycles. The van der Waals surface area contributed by atoms with Crippen molar-refractivity contribution in [3.8, 4) is 33.4 Å². The van der Waals surface area contributed by atoms with Gasteiger partial charge in [0, 0.05) is 32.5 Å². The van der Waals surface area contributed by atoms with Gasteiger partial charge >= 0.3 is 0 Å². The quantitative estimate of drug-likeness (QED) is 0.122. The third-order valence-corrected chi connectivity index (χ3v) is 22.5. The molecule has 0 spiro atoms. The smallest absolute Gasteiger partial charge is 0.0616 e. The lowest BCUT2D eigenvalue weighted by atomic mass is 9.32. The van der Waals surface area contributed by atoms with Crippen LogP contribution in [0.4, 0.5) is 0 Å². The van der Waals surface area contributed by atoms with Gasteiger partial charge in [-0.1, -0.05) is 263 Å². The Bertz CT molecular complexity index is 4220. The minimum atomic E-state index is -0.233. The van der Waals surface area contributed by atoms with E-state index < -0.39 is 0 Å². The third kappa shape index (κ3) is 4.76. The Morgan fingerprint density at radius 3 is 0.519 bits per heavy atom. The van der Waals surface area contributed by atoms with E-state index in [0.29, 0.717) is 0 Å². The molecule has 0 bridgehead atoms. The minimum Gasteiger partial charge on any atom is -0.0616 e. The van der Waals surface area contributed by atoms with E-state index in [-0.39, 0.29) is 39.2 Å². The Hall–Kier alpha value is -7.74. The molecule has 6 aliphatic rings. The first-order valence-electron chi connectivity index (χ1n) is 29.3. The van der Waals surface area contributed by atoms with Gasteiger partial charge in [0.25, 0.3) is 0 Å². The fraction of sp³-hybridized carbons (Fsp3) is 0.231. The van der Waals surface area contributed by atoms with Crippen LogP contribution in [0.25, 0.3) is 98.0 Å². The summed E-state index contributed by atoms with van der Waals surface area (Å²) < 4.78 is 0. The lowest BCUT2D eigenvalue weighted by Crippen LogP contribution is -2.54. The van der Waals surface area contributed by atoms with Crippen LogP contribution in [-0.2, 0) is 32.5 Å². The van der Waals surface area contributed by atoms with Gasteiger partial charge in [-0.15, -0.1) is 0 Å². The summed E-state index contributed by atoms with van der Waals surface area (Å²) in [5, 5.41) is 16.9. The van der Waals surface area contributed by atoms with Gasteiger partial charge in [0.15, 0.2) is 0 Å². The Balaban J connectivity index is 1.15. The van der Waals surface area contributed by atoms with Crippen LogP contribution in [0.5, 0.6) is 0 Å². The molecule has 0 unspecified atom stereocenters. The second kappa shape index (κ2) is 13.6. The number of benzene rings is 12. The fourth-order valence-corrected chi connectivity index (χ4v) is 18.8. The van der Waals surface area contributed by atoms with Crippen LogP contribution in [0.15, 0.2) is 164 Å². The van der Waals surface area contributed by atoms with Crippen molar-refractivity contribution in [2.24, 2.45) is 0 Å². The van der Waals surface area contributed by atoms with Crippen molar-refractivity contribution in [2.75, 3.05) is 0 Å². The van der Waals surface area contributed by atoms with Crippen molar-refractivity contribution in [3.05, 3.63) is 231 Å². The van der Waals surface area contributed by atoms with Crippen molar-refractivity contribution in [1.82, 2.24) is 0 Å². The van der Waals surface area contributed by atoms with Crippen molar-refractivity contribution in [3.63, 3.8) is 0 Å². The molecule has 0 aliphatic heterocycles. The van der Waals surface area contributed by atoms with Crippen LogP contribution >= 0.6 is 0 Å². The molecule has 0 atom stereocenters. The average Bonchev–Trinajstić information content (AvgIpc) is 1.27. The predicted molar refractivity (Wildman–Crippen MR) is 338 cm³/mol. The van der Waals surface area contributed by atoms with Gasteiger partial charge in [0.1, 0.15) is 0 Å². The molecule has 18 rings (SSSR count). The van der Waals surface area contributed by atoms with Crippen LogP contribution in [0, 0.1) is 0 Å². The maximum atomic E-state index is 2.54. The summed E-state index contributed by atoms with van der Waals surface area (Å²) in [6, 6.07) is 66.3. The Morgan fingerprint density at radius 1 is 0.190 bits per heavy atom. The molecule has 0 fully saturated rings. The summed E-state index contributed by atoms with van der Waals surface area (Å²) in [5.41, 5.74) is 28.9. The van der Waals surface area contributed by atoms with E-state index in [1.54, 1.807) is 0 Å². The van der Waals surface area contributed by atoms with E-state index in [1.165, 1.54) is 181 Å². The average molecular weight is 1010 g/mol. The fourth-order valence-electron chi connectivity index (χ4n) is 18.8. The maximum absolute atomic E-state index is 2.54. The topological polar surface area (TPSA) is 0 Å². The summed E-state index contributed by atoms with van der Waals surface area (Å²) in [5.74, 6) is 0. The molecule has 0 aromatic heterocycles. The Labute approximate surface area is 464 Å². The van der Waals surface area contributed by atoms with E-state index in [0.717, 1.165) is 0 Å². The molecule has 0 radical (unpaired) electrons. The first kappa shape index (κ1) is 45.2. The summed E-state index contributed by atoms with van der Waals surface area (Å²) in [7, 11) is 0. The van der Waals surface area contributed by atoms with Gasteiger partial charge in [0.05, 0.1) is 0 Å². The largest absolute Gasteiger partial charge is 0.246 e. The lowest BCUT2D eigenvalue weighted by molar-refractivity contribution is 0.619. The van der Waals surface area contributed by atoms with Crippen LogP contribution in [0.3, 0.4) is 0 Å². The van der Waals surface area contributed by atoms with Crippen LogP contribution in [-0.4, -0.2) is 6.71 Å². The second-order valence-electron chi connectivity index (χ2n) is 28.1. The highest BCUT2D eigenvalue weighted by molar-refractivity contribution is 7.03. The molecule has 12 aromatic rings. The molecular weight excluding hydrogens is 948 g/mol. The lowest BCUT2D eigenvalue weighted by Gasteiger charge is -2.45. The van der Waals surface area contributed by atoms with Gasteiger partial charge in [-0.05, 0) is 165 Å². The number of hydrogen-bond donors (Lipinski definition) is 0. The SMILES string of the molecule is CC1(C)c2cccc3c2-c2c4c1cccc4c(B(c1c4cccc5c4c4c6c(cccc16)C(C)(C)c1cccc(c1-4)C5(C)C)c1c4cccc5c4c4c6c(cccc16)C(C)(C)c1cccc(c1-4)C5(C)C)c1cccc(c21)C3(C)C. The van der Waals surface area contributed by atoms with Gasteiger partial charge in [0.2, 0.25) is 6.71 Å². The molecule has 6 aliphatic carbocycles. The number of rotatable bonds is 3. The molecule has 0 N–H and O–H groups in total. The van der Waals surface area contributed by atoms with Crippen LogP contribution in [0.2, 0.25) is 0 Å². The molecule has 79 heavy (non-hydrogen) atoms. The van der Waals surface area contributed by atoms with Crippen molar-refractivity contribution >= 4 is 87.7 Å². The summed E-state index contributed by atoms with van der Waals surface area (Å²) in [6.45, 7) is 29.8. The maximum Gasteiger partial charge on any atom is 0.246 e. The van der Waals surface area contributed by atoms with E-state index in [4.69, 9.17) is 0 Å². The molecule has 1 heteroatoms. The molecular formula is C78H63B. The third-order valence-electron chi connectivity index (χ3n) is 22.5. The molecule has 0 heterocycles. The van der Waals surface area contributed by atoms with E-state index >= 15 is 0 Å². The predicted octanol–water partition coefficient (Wildman–Crippen LogP) is 18.0. The van der Waals surface area contributed by atoms with Gasteiger partial charge < -0.3 is 0 Å². The van der Waals surface area contributed by atoms with Crippen LogP contribution < -0.4 is 16.4 Å². The van der Waals surface area contributed by atoms with Crippen molar-refractivity contribution in [2.45, 2.75) is 116 Å². The first-order valence-corrected chi connectivity index (χ1v) is 29.3. The first-order chi connectivity index (χ1) is 37.8. The Kier molecular flexibility index (Phi) is 7.79. The Morgan fingerprint density at radius 2 is 0.342 bits per heavy atom. The second-order valence-corrected chi connectivity index (χ2v) is 28.1. The normalized spacial score (nSPS) is 18.2. The monoisotopic (exact) mass is 1010 g/mol. The summed E-state index contributed by atoms with van der Waals surface area (Å²) in [6.07, 6.45) is 0. The zero-order valence-electron chi connectivity index (χ0n) is 47.7. The van der Waals surface area contributed by atoms with Gasteiger partial charge in [-0.3, -0.25) is 0 Å². The standard InChI is InChI=1S/C78H63B/c1-73(2)46-28-13-22-40-58(46)67-59-41(23-14-29-47(59)74(3,4)53-35-19-34-52(73)64(53)67)70(40)79(71-42-24-15-30-48-60(42)68-61-43(71)25-16-31-49(61)76(7,8)55-37-20-36-54(65(55)68)75(48,5)6)72-44-26-17-32-50-62(44)69-63-45(72)27-18-33-51(63)78(11,12)57-39-21-38-56(66(57)69)77(50,9)10/h13-39H,1-12H3. The highest BCUT2D eigenvalue weighted by Crippen LogP contribution is 2.63. The highest BCUT2D eigenvalue weighted by atomic mass is 14.5. The zero-order chi connectivity index (χ0) is 53.7. The van der Waals surface area contributed by atoms with Crippen molar-refractivity contribution < 1.29 is 0 Å². The molecule has 0 amide bonds. The van der Waals surface area contributed by atoms with Gasteiger partial charge in [-0.2, -0.15) is 0 Å². The van der Waals surface area contributed by atoms with E-state index in [1.807, 2.05) is 0 Å². The molecule has 0 nitrogen and oxygen atoms in total. The summed E-state index contributed by atoms with van der Waals surface area (Å²) >= 11 is 0. The van der Waals surface area contributed by atoms with Crippen molar-refractivity contribution in [1.29, 1.82) is 0 Å². The zero-order valence-corrected chi connectivity index (χ0v) is 47.7. The molecule has 12 aromatic carbocycles.